The van der Waals surface area contributed by atoms with Crippen molar-refractivity contribution < 1.29 is 9.53 Å². The van der Waals surface area contributed by atoms with Crippen molar-refractivity contribution in [1.82, 2.24) is 9.55 Å². The molecular formula is C21H28N2O2. The molecule has 0 saturated heterocycles. The van der Waals surface area contributed by atoms with Gasteiger partial charge in [0.1, 0.15) is 5.69 Å². The Hall–Kier alpha value is -2.10. The zero-order valence-electron chi connectivity index (χ0n) is 15.1. The second-order valence-corrected chi connectivity index (χ2v) is 7.08. The maximum absolute atomic E-state index is 12.6. The zero-order chi connectivity index (χ0) is 17.5. The molecule has 134 valence electrons. The molecule has 0 radical (unpaired) electrons. The van der Waals surface area contributed by atoms with Gasteiger partial charge in [0.2, 0.25) is 0 Å². The highest BCUT2D eigenvalue weighted by Crippen LogP contribution is 2.23. The first-order chi connectivity index (χ1) is 12.3. The van der Waals surface area contributed by atoms with Gasteiger partial charge in [0.15, 0.2) is 0 Å². The SMILES string of the molecule is CC(c1ccccc1)n1cncc1C(=O)OCC1CCCCCCC1. The summed E-state index contributed by atoms with van der Waals surface area (Å²) in [5, 5.41) is 0. The van der Waals surface area contributed by atoms with Crippen molar-refractivity contribution in [2.45, 2.75) is 57.9 Å². The Bertz CT molecular complexity index is 658. The molecule has 0 aliphatic heterocycles. The lowest BCUT2D eigenvalue weighted by molar-refractivity contribution is 0.0405. The molecule has 3 rings (SSSR count). The van der Waals surface area contributed by atoms with Gasteiger partial charge >= 0.3 is 5.97 Å². The minimum absolute atomic E-state index is 0.0487. The van der Waals surface area contributed by atoms with Crippen molar-refractivity contribution in [3.05, 3.63) is 54.1 Å². The van der Waals surface area contributed by atoms with Gasteiger partial charge in [-0.25, -0.2) is 9.78 Å². The zero-order valence-corrected chi connectivity index (χ0v) is 15.1. The predicted molar refractivity (Wildman–Crippen MR) is 98.6 cm³/mol. The van der Waals surface area contributed by atoms with E-state index < -0.39 is 0 Å². The third-order valence-electron chi connectivity index (χ3n) is 5.25. The lowest BCUT2D eigenvalue weighted by Crippen LogP contribution is -2.19. The number of rotatable bonds is 5. The standard InChI is InChI=1S/C21H28N2O2/c1-17(19-12-8-5-9-13-19)23-16-22-14-20(23)21(24)25-15-18-10-6-3-2-4-7-11-18/h5,8-9,12-14,16-18H,2-4,6-7,10-11,15H2,1H3. The molecule has 1 aromatic heterocycles. The van der Waals surface area contributed by atoms with E-state index in [0.29, 0.717) is 18.2 Å². The number of hydrogen-bond donors (Lipinski definition) is 0. The van der Waals surface area contributed by atoms with E-state index in [-0.39, 0.29) is 12.0 Å². The van der Waals surface area contributed by atoms with Gasteiger partial charge in [0.25, 0.3) is 0 Å². The van der Waals surface area contributed by atoms with Crippen LogP contribution in [-0.2, 0) is 4.74 Å². The number of nitrogens with zero attached hydrogens (tertiary/aromatic N) is 2. The Morgan fingerprint density at radius 2 is 1.84 bits per heavy atom. The van der Waals surface area contributed by atoms with Crippen LogP contribution in [0.5, 0.6) is 0 Å². The third-order valence-corrected chi connectivity index (χ3v) is 5.25. The number of aromatic nitrogens is 2. The number of esters is 1. The van der Waals surface area contributed by atoms with Gasteiger partial charge in [-0.05, 0) is 31.2 Å². The molecule has 0 spiro atoms. The third kappa shape index (κ3) is 4.71. The summed E-state index contributed by atoms with van der Waals surface area (Å²) in [7, 11) is 0. The van der Waals surface area contributed by atoms with E-state index in [0.717, 1.165) is 5.56 Å². The maximum atomic E-state index is 12.6. The summed E-state index contributed by atoms with van der Waals surface area (Å²) in [4.78, 5) is 16.7. The van der Waals surface area contributed by atoms with Crippen LogP contribution < -0.4 is 0 Å². The molecule has 2 aromatic rings. The minimum atomic E-state index is -0.262. The molecule has 1 aromatic carbocycles. The molecule has 0 amide bonds. The quantitative estimate of drug-likeness (QED) is 0.719. The van der Waals surface area contributed by atoms with Gasteiger partial charge in [0.05, 0.1) is 25.2 Å². The van der Waals surface area contributed by atoms with Gasteiger partial charge in [-0.15, -0.1) is 0 Å². The molecule has 25 heavy (non-hydrogen) atoms. The molecule has 0 bridgehead atoms. The van der Waals surface area contributed by atoms with Gasteiger partial charge in [0, 0.05) is 0 Å². The lowest BCUT2D eigenvalue weighted by Gasteiger charge is -2.20. The van der Waals surface area contributed by atoms with Crippen molar-refractivity contribution in [2.75, 3.05) is 6.61 Å². The van der Waals surface area contributed by atoms with Crippen molar-refractivity contribution in [3.8, 4) is 0 Å². The average molecular weight is 340 g/mol. The van der Waals surface area contributed by atoms with Crippen LogP contribution in [0.4, 0.5) is 0 Å². The fraction of sp³-hybridized carbons (Fsp3) is 0.524. The maximum Gasteiger partial charge on any atom is 0.356 e. The first-order valence-electron chi connectivity index (χ1n) is 9.49. The molecule has 1 saturated carbocycles. The van der Waals surface area contributed by atoms with Crippen LogP contribution in [0.25, 0.3) is 0 Å². The Morgan fingerprint density at radius 3 is 2.56 bits per heavy atom. The van der Waals surface area contributed by atoms with Gasteiger partial charge in [-0.2, -0.15) is 0 Å². The van der Waals surface area contributed by atoms with Crippen LogP contribution in [0.3, 0.4) is 0 Å². The summed E-state index contributed by atoms with van der Waals surface area (Å²) in [5.74, 6) is 0.245. The van der Waals surface area contributed by atoms with E-state index in [2.05, 4.69) is 24.0 Å². The molecule has 1 atom stereocenters. The second kappa shape index (κ2) is 8.84. The van der Waals surface area contributed by atoms with Gasteiger partial charge in [-0.3, -0.25) is 0 Å². The highest BCUT2D eigenvalue weighted by molar-refractivity contribution is 5.87. The molecule has 1 aliphatic rings. The van der Waals surface area contributed by atoms with Crippen LogP contribution in [0, 0.1) is 5.92 Å². The molecule has 1 fully saturated rings. The summed E-state index contributed by atoms with van der Waals surface area (Å²) < 4.78 is 7.55. The Kier molecular flexibility index (Phi) is 6.26. The molecule has 0 N–H and O–H groups in total. The van der Waals surface area contributed by atoms with E-state index in [9.17, 15) is 4.79 Å². The van der Waals surface area contributed by atoms with Crippen molar-refractivity contribution in [2.24, 2.45) is 5.92 Å². The fourth-order valence-electron chi connectivity index (χ4n) is 3.64. The number of ether oxygens (including phenoxy) is 1. The predicted octanol–water partition coefficient (Wildman–Crippen LogP) is 5.01. The Labute approximate surface area is 150 Å². The number of benzene rings is 1. The number of carbonyl (C=O) groups excluding carboxylic acids is 1. The largest absolute Gasteiger partial charge is 0.461 e. The van der Waals surface area contributed by atoms with Gasteiger partial charge in [-0.1, -0.05) is 62.4 Å². The second-order valence-electron chi connectivity index (χ2n) is 7.08. The smallest absolute Gasteiger partial charge is 0.356 e. The van der Waals surface area contributed by atoms with E-state index in [1.165, 1.54) is 44.9 Å². The van der Waals surface area contributed by atoms with E-state index >= 15 is 0 Å². The highest BCUT2D eigenvalue weighted by Gasteiger charge is 2.20. The fourth-order valence-corrected chi connectivity index (χ4v) is 3.64. The summed E-state index contributed by atoms with van der Waals surface area (Å²) in [6.45, 7) is 2.60. The molecular weight excluding hydrogens is 312 g/mol. The van der Waals surface area contributed by atoms with Crippen molar-refractivity contribution in [1.29, 1.82) is 0 Å². The van der Waals surface area contributed by atoms with Crippen LogP contribution >= 0.6 is 0 Å². The van der Waals surface area contributed by atoms with Crippen LogP contribution in [-0.4, -0.2) is 22.1 Å². The van der Waals surface area contributed by atoms with Crippen LogP contribution in [0.1, 0.15) is 74.0 Å². The normalized spacial score (nSPS) is 17.5. The molecule has 4 heteroatoms. The van der Waals surface area contributed by atoms with Crippen molar-refractivity contribution >= 4 is 5.97 Å². The van der Waals surface area contributed by atoms with Crippen LogP contribution in [0.2, 0.25) is 0 Å². The summed E-state index contributed by atoms with van der Waals surface area (Å²) in [6.07, 6.45) is 12.2. The number of carbonyl (C=O) groups is 1. The topological polar surface area (TPSA) is 44.1 Å². The average Bonchev–Trinajstić information content (AvgIpc) is 3.10. The van der Waals surface area contributed by atoms with Gasteiger partial charge < -0.3 is 9.30 Å². The lowest BCUT2D eigenvalue weighted by atomic mass is 9.92. The minimum Gasteiger partial charge on any atom is -0.461 e. The first-order valence-corrected chi connectivity index (χ1v) is 9.49. The number of hydrogen-bond acceptors (Lipinski definition) is 3. The van der Waals surface area contributed by atoms with Crippen molar-refractivity contribution in [3.63, 3.8) is 0 Å². The monoisotopic (exact) mass is 340 g/mol. The van der Waals surface area contributed by atoms with E-state index in [4.69, 9.17) is 4.74 Å². The number of imidazole rings is 1. The first kappa shape index (κ1) is 17.7. The Morgan fingerprint density at radius 1 is 1.16 bits per heavy atom. The van der Waals surface area contributed by atoms with E-state index in [1.807, 2.05) is 22.8 Å². The van der Waals surface area contributed by atoms with Crippen LogP contribution in [0.15, 0.2) is 42.9 Å². The molecule has 4 nitrogen and oxygen atoms in total. The summed E-state index contributed by atoms with van der Waals surface area (Å²) >= 11 is 0. The molecule has 1 aliphatic carbocycles. The highest BCUT2D eigenvalue weighted by atomic mass is 16.5. The summed E-state index contributed by atoms with van der Waals surface area (Å²) in [5.41, 5.74) is 1.68. The molecule has 1 unspecified atom stereocenters. The Balaban J connectivity index is 1.62. The van der Waals surface area contributed by atoms with E-state index in [1.54, 1.807) is 12.5 Å². The molecule has 1 heterocycles. The summed E-state index contributed by atoms with van der Waals surface area (Å²) in [6, 6.07) is 10.2.